The van der Waals surface area contributed by atoms with Crippen LogP contribution in [0.2, 0.25) is 0 Å². The molecule has 40 heavy (non-hydrogen) atoms. The number of amides is 1. The number of benzene rings is 1. The number of H-pyrrole nitrogens is 2. The van der Waals surface area contributed by atoms with Crippen molar-refractivity contribution in [2.75, 3.05) is 23.3 Å². The van der Waals surface area contributed by atoms with Gasteiger partial charge in [0, 0.05) is 36.4 Å². The number of hydrogen-bond acceptors (Lipinski definition) is 7. The van der Waals surface area contributed by atoms with Crippen LogP contribution in [0.25, 0.3) is 44.8 Å². The second-order valence-electron chi connectivity index (χ2n) is 10.0. The molecule has 1 aromatic carbocycles. The van der Waals surface area contributed by atoms with E-state index in [-0.39, 0.29) is 5.91 Å². The predicted molar refractivity (Wildman–Crippen MR) is 155 cm³/mol. The maximum Gasteiger partial charge on any atom is 0.228 e. The zero-order valence-corrected chi connectivity index (χ0v) is 21.8. The van der Waals surface area contributed by atoms with Crippen molar-refractivity contribution >= 4 is 39.3 Å². The standard InChI is InChI=1S/C30H27N9O/c40-26(13-19-7-3-1-4-8-19)34-21-14-20(16-31-17-21)23-15-22-24(18-33-23)37-38-27(22)30-35-28-25(9-10-32-29(28)36-30)39-11-5-2-6-12-39/h1,3-4,7-10,14-18H,2,5-6,11-13H2,(H,34,40)(H,37,38)(H,32,35,36). The minimum Gasteiger partial charge on any atom is -0.370 e. The van der Waals surface area contributed by atoms with Gasteiger partial charge in [-0.3, -0.25) is 19.9 Å². The largest absolute Gasteiger partial charge is 0.370 e. The lowest BCUT2D eigenvalue weighted by atomic mass is 10.1. The summed E-state index contributed by atoms with van der Waals surface area (Å²) in [6, 6.07) is 15.5. The Hall–Kier alpha value is -5.12. The van der Waals surface area contributed by atoms with E-state index in [0.29, 0.717) is 35.0 Å². The Morgan fingerprint density at radius 3 is 2.73 bits per heavy atom. The number of hydrogen-bond donors (Lipinski definition) is 3. The van der Waals surface area contributed by atoms with E-state index in [2.05, 4.69) is 46.4 Å². The summed E-state index contributed by atoms with van der Waals surface area (Å²) in [5.41, 5.74) is 7.27. The Bertz CT molecular complexity index is 1820. The van der Waals surface area contributed by atoms with Crippen LogP contribution in [0.3, 0.4) is 0 Å². The Kier molecular flexibility index (Phi) is 6.12. The Labute approximate surface area is 229 Å². The van der Waals surface area contributed by atoms with Crippen LogP contribution < -0.4 is 10.2 Å². The molecule has 0 aliphatic carbocycles. The quantitative estimate of drug-likeness (QED) is 0.273. The maximum atomic E-state index is 12.6. The Morgan fingerprint density at radius 2 is 1.85 bits per heavy atom. The lowest BCUT2D eigenvalue weighted by Gasteiger charge is -2.28. The first-order valence-corrected chi connectivity index (χ1v) is 13.4. The SMILES string of the molecule is O=C(Cc1ccccc1)Nc1cncc(-c2cc3c(-c4nc5nccc(N6CCCCC6)c5[nH]4)n[nH]c3cn2)c1. The van der Waals surface area contributed by atoms with Crippen molar-refractivity contribution in [3.63, 3.8) is 0 Å². The summed E-state index contributed by atoms with van der Waals surface area (Å²) >= 11 is 0. The minimum atomic E-state index is -0.104. The number of pyridine rings is 3. The van der Waals surface area contributed by atoms with E-state index in [0.717, 1.165) is 46.3 Å². The summed E-state index contributed by atoms with van der Waals surface area (Å²) in [5, 5.41) is 11.5. The van der Waals surface area contributed by atoms with Crippen LogP contribution in [0.4, 0.5) is 11.4 Å². The van der Waals surface area contributed by atoms with E-state index < -0.39 is 0 Å². The molecule has 6 aromatic rings. The number of aromatic nitrogens is 7. The number of nitrogens with one attached hydrogen (secondary N) is 3. The molecule has 10 nitrogen and oxygen atoms in total. The average molecular weight is 530 g/mol. The van der Waals surface area contributed by atoms with Crippen molar-refractivity contribution in [3.05, 3.63) is 78.9 Å². The van der Waals surface area contributed by atoms with Gasteiger partial charge in [0.15, 0.2) is 11.5 Å². The molecule has 198 valence electrons. The molecule has 0 atom stereocenters. The van der Waals surface area contributed by atoms with Crippen LogP contribution in [0.15, 0.2) is 73.3 Å². The fourth-order valence-electron chi connectivity index (χ4n) is 5.30. The van der Waals surface area contributed by atoms with Gasteiger partial charge in [-0.05, 0) is 43.0 Å². The third-order valence-electron chi connectivity index (χ3n) is 7.26. The van der Waals surface area contributed by atoms with Gasteiger partial charge in [-0.15, -0.1) is 0 Å². The van der Waals surface area contributed by atoms with Gasteiger partial charge in [0.25, 0.3) is 0 Å². The summed E-state index contributed by atoms with van der Waals surface area (Å²) < 4.78 is 0. The van der Waals surface area contributed by atoms with Gasteiger partial charge >= 0.3 is 0 Å². The Balaban J connectivity index is 1.19. The lowest BCUT2D eigenvalue weighted by molar-refractivity contribution is -0.115. The first-order valence-electron chi connectivity index (χ1n) is 13.4. The number of piperidine rings is 1. The maximum absolute atomic E-state index is 12.6. The number of aromatic amines is 2. The molecule has 1 fully saturated rings. The number of fused-ring (bicyclic) bond motifs is 2. The van der Waals surface area contributed by atoms with Crippen molar-refractivity contribution in [3.8, 4) is 22.8 Å². The molecule has 10 heteroatoms. The summed E-state index contributed by atoms with van der Waals surface area (Å²) in [4.78, 5) is 36.7. The number of imidazole rings is 1. The fraction of sp³-hybridized carbons (Fsp3) is 0.200. The van der Waals surface area contributed by atoms with E-state index in [4.69, 9.17) is 4.98 Å². The van der Waals surface area contributed by atoms with E-state index in [1.54, 1.807) is 18.6 Å². The molecule has 1 amide bonds. The van der Waals surface area contributed by atoms with E-state index in [1.807, 2.05) is 48.7 Å². The molecule has 0 spiro atoms. The number of nitrogens with zero attached hydrogens (tertiary/aromatic N) is 6. The van der Waals surface area contributed by atoms with Crippen LogP contribution in [-0.2, 0) is 11.2 Å². The number of rotatable bonds is 6. The highest BCUT2D eigenvalue weighted by atomic mass is 16.1. The van der Waals surface area contributed by atoms with Crippen molar-refractivity contribution < 1.29 is 4.79 Å². The predicted octanol–water partition coefficient (Wildman–Crippen LogP) is 5.13. The molecular weight excluding hydrogens is 502 g/mol. The molecular formula is C30H27N9O. The van der Waals surface area contributed by atoms with Crippen LogP contribution in [-0.4, -0.2) is 54.1 Å². The second kappa shape index (κ2) is 10.2. The summed E-state index contributed by atoms with van der Waals surface area (Å²) in [5.74, 6) is 0.545. The van der Waals surface area contributed by atoms with E-state index in [1.165, 1.54) is 19.3 Å². The first-order chi connectivity index (χ1) is 19.7. The van der Waals surface area contributed by atoms with Gasteiger partial charge in [0.05, 0.1) is 41.4 Å². The summed E-state index contributed by atoms with van der Waals surface area (Å²) in [6.45, 7) is 2.07. The molecule has 7 rings (SSSR count). The molecule has 0 unspecified atom stereocenters. The summed E-state index contributed by atoms with van der Waals surface area (Å²) in [7, 11) is 0. The summed E-state index contributed by atoms with van der Waals surface area (Å²) in [6.07, 6.45) is 10.9. The molecule has 1 aliphatic rings. The number of carbonyl (C=O) groups excluding carboxylic acids is 1. The first kappa shape index (κ1) is 24.0. The average Bonchev–Trinajstić information content (AvgIpc) is 3.62. The van der Waals surface area contributed by atoms with Crippen molar-refractivity contribution in [2.24, 2.45) is 0 Å². The number of carbonyl (C=O) groups is 1. The third kappa shape index (κ3) is 4.64. The van der Waals surface area contributed by atoms with Gasteiger partial charge < -0.3 is 15.2 Å². The molecule has 3 N–H and O–H groups in total. The molecule has 1 aliphatic heterocycles. The van der Waals surface area contributed by atoms with Crippen LogP contribution in [0, 0.1) is 0 Å². The van der Waals surface area contributed by atoms with Crippen LogP contribution >= 0.6 is 0 Å². The highest BCUT2D eigenvalue weighted by Gasteiger charge is 2.19. The normalized spacial score (nSPS) is 13.7. The topological polar surface area (TPSA) is 128 Å². The molecule has 1 saturated heterocycles. The minimum absolute atomic E-state index is 0.104. The van der Waals surface area contributed by atoms with Gasteiger partial charge in [-0.1, -0.05) is 30.3 Å². The van der Waals surface area contributed by atoms with E-state index in [9.17, 15) is 4.79 Å². The lowest BCUT2D eigenvalue weighted by Crippen LogP contribution is -2.29. The smallest absolute Gasteiger partial charge is 0.228 e. The Morgan fingerprint density at radius 1 is 0.975 bits per heavy atom. The van der Waals surface area contributed by atoms with Gasteiger partial charge in [0.1, 0.15) is 11.2 Å². The van der Waals surface area contributed by atoms with Gasteiger partial charge in [-0.2, -0.15) is 5.10 Å². The molecule has 0 bridgehead atoms. The molecule has 5 aromatic heterocycles. The monoisotopic (exact) mass is 529 g/mol. The van der Waals surface area contributed by atoms with Crippen molar-refractivity contribution in [1.29, 1.82) is 0 Å². The zero-order valence-electron chi connectivity index (χ0n) is 21.8. The highest BCUT2D eigenvalue weighted by Crippen LogP contribution is 2.32. The van der Waals surface area contributed by atoms with Crippen molar-refractivity contribution in [1.82, 2.24) is 35.1 Å². The van der Waals surface area contributed by atoms with Crippen molar-refractivity contribution in [2.45, 2.75) is 25.7 Å². The van der Waals surface area contributed by atoms with Gasteiger partial charge in [-0.25, -0.2) is 9.97 Å². The molecule has 0 radical (unpaired) electrons. The van der Waals surface area contributed by atoms with Gasteiger partial charge in [0.2, 0.25) is 5.91 Å². The molecule has 6 heterocycles. The second-order valence-corrected chi connectivity index (χ2v) is 10.0. The highest BCUT2D eigenvalue weighted by molar-refractivity contribution is 5.96. The third-order valence-corrected chi connectivity index (χ3v) is 7.26. The fourth-order valence-corrected chi connectivity index (χ4v) is 5.30. The molecule has 0 saturated carbocycles. The van der Waals surface area contributed by atoms with E-state index >= 15 is 0 Å². The van der Waals surface area contributed by atoms with Crippen LogP contribution in [0.1, 0.15) is 24.8 Å². The van der Waals surface area contributed by atoms with Crippen LogP contribution in [0.5, 0.6) is 0 Å². The number of anilines is 2. The zero-order chi connectivity index (χ0) is 26.9.